The molecular formula is C22H29N5O2. The van der Waals surface area contributed by atoms with Crippen LogP contribution in [-0.4, -0.2) is 45.9 Å². The third kappa shape index (κ3) is 4.41. The monoisotopic (exact) mass is 395 g/mol. The molecular weight excluding hydrogens is 366 g/mol. The van der Waals surface area contributed by atoms with E-state index in [4.69, 9.17) is 4.74 Å². The SMILES string of the molecule is CCC1NNC(C(=O)N2CCCC(c3cncc(Oc4ccccc4)n3)C2)C1C. The quantitative estimate of drug-likeness (QED) is 0.810. The van der Waals surface area contributed by atoms with Gasteiger partial charge >= 0.3 is 0 Å². The van der Waals surface area contributed by atoms with Gasteiger partial charge in [0.05, 0.1) is 11.9 Å². The Morgan fingerprint density at radius 3 is 2.83 bits per heavy atom. The van der Waals surface area contributed by atoms with Gasteiger partial charge in [0.2, 0.25) is 11.8 Å². The standard InChI is InChI=1S/C22H29N5O2/c1-3-18-15(2)21(26-25-18)22(28)27-11-7-8-16(14-27)19-12-23-13-20(24-19)29-17-9-5-4-6-10-17/h4-6,9-10,12-13,15-16,18,21,25-26H,3,7-8,11,14H2,1-2H3. The molecule has 1 aromatic carbocycles. The van der Waals surface area contributed by atoms with Gasteiger partial charge in [-0.15, -0.1) is 0 Å². The zero-order chi connectivity index (χ0) is 20.2. The van der Waals surface area contributed by atoms with Crippen LogP contribution in [0.1, 0.15) is 44.7 Å². The van der Waals surface area contributed by atoms with Gasteiger partial charge < -0.3 is 9.64 Å². The molecule has 7 nitrogen and oxygen atoms in total. The molecule has 0 saturated carbocycles. The fourth-order valence-electron chi connectivity index (χ4n) is 4.29. The number of ether oxygens (including phenoxy) is 1. The van der Waals surface area contributed by atoms with Crippen molar-refractivity contribution in [3.05, 3.63) is 48.4 Å². The van der Waals surface area contributed by atoms with Gasteiger partial charge in [-0.2, -0.15) is 0 Å². The van der Waals surface area contributed by atoms with Crippen molar-refractivity contribution in [2.75, 3.05) is 13.1 Å². The average Bonchev–Trinajstić information content (AvgIpc) is 3.14. The normalized spacial score (nSPS) is 27.0. The van der Waals surface area contributed by atoms with E-state index >= 15 is 0 Å². The first-order valence-corrected chi connectivity index (χ1v) is 10.5. The van der Waals surface area contributed by atoms with Gasteiger partial charge in [-0.25, -0.2) is 10.4 Å². The second-order valence-electron chi connectivity index (χ2n) is 7.96. The molecule has 2 fully saturated rings. The van der Waals surface area contributed by atoms with Crippen molar-refractivity contribution in [1.82, 2.24) is 25.7 Å². The van der Waals surface area contributed by atoms with Crippen LogP contribution in [0, 0.1) is 5.92 Å². The predicted molar refractivity (Wildman–Crippen MR) is 110 cm³/mol. The summed E-state index contributed by atoms with van der Waals surface area (Å²) in [6, 6.07) is 9.74. The third-order valence-corrected chi connectivity index (χ3v) is 6.04. The first-order chi connectivity index (χ1) is 14.2. The summed E-state index contributed by atoms with van der Waals surface area (Å²) < 4.78 is 5.83. The lowest BCUT2D eigenvalue weighted by Gasteiger charge is -2.34. The van der Waals surface area contributed by atoms with Gasteiger partial charge in [-0.05, 0) is 37.3 Å². The van der Waals surface area contributed by atoms with Gasteiger partial charge in [0.1, 0.15) is 11.8 Å². The van der Waals surface area contributed by atoms with Gasteiger partial charge in [0.25, 0.3) is 0 Å². The maximum atomic E-state index is 13.1. The first-order valence-electron chi connectivity index (χ1n) is 10.5. The van der Waals surface area contributed by atoms with Crippen molar-refractivity contribution in [1.29, 1.82) is 0 Å². The molecule has 7 heteroatoms. The largest absolute Gasteiger partial charge is 0.437 e. The van der Waals surface area contributed by atoms with Crippen LogP contribution in [0.4, 0.5) is 0 Å². The zero-order valence-electron chi connectivity index (χ0n) is 17.0. The lowest BCUT2D eigenvalue weighted by molar-refractivity contribution is -0.135. The smallest absolute Gasteiger partial charge is 0.241 e. The highest BCUT2D eigenvalue weighted by atomic mass is 16.5. The molecule has 0 spiro atoms. The van der Waals surface area contributed by atoms with Crippen LogP contribution >= 0.6 is 0 Å². The maximum absolute atomic E-state index is 13.1. The van der Waals surface area contributed by atoms with Crippen molar-refractivity contribution in [3.63, 3.8) is 0 Å². The Morgan fingerprint density at radius 1 is 1.24 bits per heavy atom. The number of carbonyl (C=O) groups is 1. The Bertz CT molecular complexity index is 831. The van der Waals surface area contributed by atoms with E-state index in [9.17, 15) is 4.79 Å². The molecule has 4 unspecified atom stereocenters. The highest BCUT2D eigenvalue weighted by Crippen LogP contribution is 2.29. The molecule has 1 aromatic heterocycles. The molecule has 0 bridgehead atoms. The fraction of sp³-hybridized carbons (Fsp3) is 0.500. The van der Waals surface area contributed by atoms with E-state index in [1.165, 1.54) is 0 Å². The Hall–Kier alpha value is -2.51. The number of benzene rings is 1. The molecule has 0 aliphatic carbocycles. The predicted octanol–water partition coefficient (Wildman–Crippen LogP) is 2.87. The van der Waals surface area contributed by atoms with Crippen LogP contribution in [0.2, 0.25) is 0 Å². The molecule has 3 heterocycles. The van der Waals surface area contributed by atoms with Crippen molar-refractivity contribution in [3.8, 4) is 11.6 Å². The summed E-state index contributed by atoms with van der Waals surface area (Å²) in [5.74, 6) is 1.84. The minimum absolute atomic E-state index is 0.169. The van der Waals surface area contributed by atoms with Crippen molar-refractivity contribution >= 4 is 5.91 Å². The summed E-state index contributed by atoms with van der Waals surface area (Å²) in [5.41, 5.74) is 7.35. The fourth-order valence-corrected chi connectivity index (χ4v) is 4.29. The summed E-state index contributed by atoms with van der Waals surface area (Å²) in [4.78, 5) is 24.1. The lowest BCUT2D eigenvalue weighted by Crippen LogP contribution is -2.50. The number of para-hydroxylation sites is 1. The number of amides is 1. The zero-order valence-corrected chi connectivity index (χ0v) is 17.0. The van der Waals surface area contributed by atoms with Crippen LogP contribution in [-0.2, 0) is 4.79 Å². The van der Waals surface area contributed by atoms with E-state index in [-0.39, 0.29) is 23.8 Å². The summed E-state index contributed by atoms with van der Waals surface area (Å²) >= 11 is 0. The number of aromatic nitrogens is 2. The van der Waals surface area contributed by atoms with Crippen LogP contribution in [0.25, 0.3) is 0 Å². The molecule has 2 aliphatic rings. The molecule has 2 aromatic rings. The number of piperidine rings is 1. The van der Waals surface area contributed by atoms with Crippen molar-refractivity contribution < 1.29 is 9.53 Å². The van der Waals surface area contributed by atoms with E-state index in [1.54, 1.807) is 12.4 Å². The minimum Gasteiger partial charge on any atom is -0.437 e. The van der Waals surface area contributed by atoms with E-state index in [0.29, 0.717) is 18.5 Å². The Kier molecular flexibility index (Phi) is 6.06. The number of nitrogens with zero attached hydrogens (tertiary/aromatic N) is 3. The molecule has 4 rings (SSSR count). The average molecular weight is 396 g/mol. The van der Waals surface area contributed by atoms with Gasteiger partial charge in [-0.1, -0.05) is 32.0 Å². The highest BCUT2D eigenvalue weighted by molar-refractivity contribution is 5.82. The lowest BCUT2D eigenvalue weighted by atomic mass is 9.91. The number of rotatable bonds is 5. The van der Waals surface area contributed by atoms with E-state index < -0.39 is 0 Å². The first kappa shape index (κ1) is 19.8. The van der Waals surface area contributed by atoms with Crippen molar-refractivity contribution in [2.24, 2.45) is 5.92 Å². The van der Waals surface area contributed by atoms with E-state index in [2.05, 4.69) is 34.7 Å². The summed E-state index contributed by atoms with van der Waals surface area (Å²) in [5, 5.41) is 0. The summed E-state index contributed by atoms with van der Waals surface area (Å²) in [7, 11) is 0. The summed E-state index contributed by atoms with van der Waals surface area (Å²) in [6.07, 6.45) is 6.39. The number of hydrazine groups is 1. The molecule has 0 radical (unpaired) electrons. The van der Waals surface area contributed by atoms with Crippen LogP contribution < -0.4 is 15.6 Å². The van der Waals surface area contributed by atoms with Crippen LogP contribution in [0.5, 0.6) is 11.6 Å². The number of likely N-dealkylation sites (tertiary alicyclic amines) is 1. The van der Waals surface area contributed by atoms with Crippen LogP contribution in [0.3, 0.4) is 0 Å². The van der Waals surface area contributed by atoms with Gasteiger partial charge in [0, 0.05) is 31.2 Å². The highest BCUT2D eigenvalue weighted by Gasteiger charge is 2.39. The number of nitrogens with one attached hydrogen (secondary N) is 2. The second-order valence-corrected chi connectivity index (χ2v) is 7.96. The van der Waals surface area contributed by atoms with E-state index in [1.807, 2.05) is 35.2 Å². The summed E-state index contributed by atoms with van der Waals surface area (Å²) in [6.45, 7) is 5.75. The van der Waals surface area contributed by atoms with Crippen LogP contribution in [0.15, 0.2) is 42.7 Å². The molecule has 2 saturated heterocycles. The minimum atomic E-state index is -0.169. The number of hydrogen-bond acceptors (Lipinski definition) is 6. The number of hydrogen-bond donors (Lipinski definition) is 2. The molecule has 2 aliphatic heterocycles. The molecule has 1 amide bonds. The topological polar surface area (TPSA) is 79.4 Å². The van der Waals surface area contributed by atoms with E-state index in [0.717, 1.165) is 37.3 Å². The van der Waals surface area contributed by atoms with Gasteiger partial charge in [-0.3, -0.25) is 15.2 Å². The van der Waals surface area contributed by atoms with Crippen molar-refractivity contribution in [2.45, 2.75) is 51.1 Å². The molecule has 154 valence electrons. The molecule has 29 heavy (non-hydrogen) atoms. The maximum Gasteiger partial charge on any atom is 0.241 e. The molecule has 4 atom stereocenters. The Labute approximate surface area is 171 Å². The Balaban J connectivity index is 1.43. The molecule has 2 N–H and O–H groups in total. The third-order valence-electron chi connectivity index (χ3n) is 6.04. The Morgan fingerprint density at radius 2 is 2.07 bits per heavy atom. The second kappa shape index (κ2) is 8.88. The van der Waals surface area contributed by atoms with Gasteiger partial charge in [0.15, 0.2) is 0 Å². The number of carbonyl (C=O) groups excluding carboxylic acids is 1.